The molecule has 2 heteroatoms. The third-order valence-corrected chi connectivity index (χ3v) is 12.0. The Bertz CT molecular complexity index is 1500. The lowest BCUT2D eigenvalue weighted by atomic mass is 10.2. The summed E-state index contributed by atoms with van der Waals surface area (Å²) in [5, 5.41) is 8.39. The summed E-state index contributed by atoms with van der Waals surface area (Å²) in [5.41, 5.74) is 1.17. The highest BCUT2D eigenvalue weighted by Crippen LogP contribution is 2.33. The topological polar surface area (TPSA) is 0 Å². The maximum absolute atomic E-state index is 3.63. The first kappa shape index (κ1) is 32.5. The van der Waals surface area contributed by atoms with Crippen LogP contribution in [0.3, 0.4) is 0 Å². The van der Waals surface area contributed by atoms with Crippen LogP contribution in [0.25, 0.3) is 6.08 Å². The van der Waals surface area contributed by atoms with E-state index in [1.54, 1.807) is 0 Å². The van der Waals surface area contributed by atoms with Crippen LogP contribution >= 0.6 is 15.8 Å². The van der Waals surface area contributed by atoms with Gasteiger partial charge in [-0.3, -0.25) is 0 Å². The summed E-state index contributed by atoms with van der Waals surface area (Å²) < 4.78 is 0. The van der Waals surface area contributed by atoms with Gasteiger partial charge in [0.2, 0.25) is 0 Å². The van der Waals surface area contributed by atoms with Gasteiger partial charge in [-0.15, -0.1) is 0 Å². The first-order valence-electron chi connectivity index (χ1n) is 15.4. The van der Waals surface area contributed by atoms with Crippen LogP contribution < -0.4 is 31.8 Å². The van der Waals surface area contributed by atoms with E-state index in [1.807, 2.05) is 36.4 Å². The van der Waals surface area contributed by atoms with Crippen LogP contribution in [0.5, 0.6) is 0 Å². The van der Waals surface area contributed by atoms with Gasteiger partial charge in [0.25, 0.3) is 0 Å². The average Bonchev–Trinajstić information content (AvgIpc) is 3.15. The first-order chi connectivity index (χ1) is 22.8. The molecule has 0 aliphatic heterocycles. The summed E-state index contributed by atoms with van der Waals surface area (Å²) >= 11 is 0. The van der Waals surface area contributed by atoms with Gasteiger partial charge in [0, 0.05) is 0 Å². The second-order valence-electron chi connectivity index (χ2n) is 10.3. The van der Waals surface area contributed by atoms with Crippen molar-refractivity contribution in [1.29, 1.82) is 0 Å². The molecule has 0 N–H and O–H groups in total. The Morgan fingerprint density at radius 3 is 0.587 bits per heavy atom. The molecule has 0 unspecified atom stereocenters. The summed E-state index contributed by atoms with van der Waals surface area (Å²) in [6, 6.07) is 74.7. The molecule has 224 valence electrons. The second-order valence-corrected chi connectivity index (χ2v) is 14.7. The summed E-state index contributed by atoms with van der Waals surface area (Å²) in [6.07, 6.45) is 1.83. The second kappa shape index (κ2) is 18.2. The molecule has 0 amide bonds. The minimum atomic E-state index is -0.446. The molecule has 0 heterocycles. The van der Waals surface area contributed by atoms with Crippen LogP contribution in [0.15, 0.2) is 219 Å². The smallest absolute Gasteiger partial charge is 0.0134 e. The zero-order valence-electron chi connectivity index (χ0n) is 25.9. The van der Waals surface area contributed by atoms with E-state index < -0.39 is 15.8 Å². The van der Waals surface area contributed by atoms with Gasteiger partial charge in [0.15, 0.2) is 0 Å². The van der Waals surface area contributed by atoms with Gasteiger partial charge < -0.3 is 0 Å². The number of hydrogen-bond donors (Lipinski definition) is 0. The van der Waals surface area contributed by atoms with Gasteiger partial charge in [-0.05, 0) is 53.2 Å². The highest BCUT2D eigenvalue weighted by molar-refractivity contribution is 7.80. The molecule has 0 aliphatic rings. The maximum Gasteiger partial charge on any atom is -0.0134 e. The van der Waals surface area contributed by atoms with Gasteiger partial charge in [0.05, 0.1) is 0 Å². The highest BCUT2D eigenvalue weighted by Gasteiger charge is 2.16. The van der Waals surface area contributed by atoms with E-state index in [1.165, 1.54) is 37.4 Å². The van der Waals surface area contributed by atoms with E-state index in [0.717, 1.165) is 0 Å². The Morgan fingerprint density at radius 2 is 0.435 bits per heavy atom. The van der Waals surface area contributed by atoms with Crippen LogP contribution in [0.1, 0.15) is 5.56 Å². The Labute approximate surface area is 277 Å². The van der Waals surface area contributed by atoms with E-state index in [2.05, 4.69) is 189 Å². The van der Waals surface area contributed by atoms with E-state index >= 15 is 0 Å². The van der Waals surface area contributed by atoms with Crippen molar-refractivity contribution in [2.75, 3.05) is 0 Å². The molecule has 0 saturated heterocycles. The minimum absolute atomic E-state index is 0.446. The van der Waals surface area contributed by atoms with Crippen LogP contribution in [-0.4, -0.2) is 0 Å². The SMILES string of the molecule is C=Cc1ccccc1.c1ccc(P(c2ccccc2)c2ccccc2)cc1.c1ccc(P(c2ccccc2)c2ccccc2)cc1. The van der Waals surface area contributed by atoms with Crippen molar-refractivity contribution in [3.8, 4) is 0 Å². The fraction of sp³-hybridized carbons (Fsp3) is 0. The monoisotopic (exact) mass is 628 g/mol. The summed E-state index contributed by atoms with van der Waals surface area (Å²) in [5.74, 6) is 0. The molecular weight excluding hydrogens is 590 g/mol. The Hall–Kier alpha value is -4.86. The zero-order chi connectivity index (χ0) is 31.7. The van der Waals surface area contributed by atoms with E-state index in [4.69, 9.17) is 0 Å². The van der Waals surface area contributed by atoms with Crippen LogP contribution in [0.4, 0.5) is 0 Å². The van der Waals surface area contributed by atoms with Crippen LogP contribution in [0.2, 0.25) is 0 Å². The van der Waals surface area contributed by atoms with Crippen molar-refractivity contribution in [2.45, 2.75) is 0 Å². The molecule has 0 bridgehead atoms. The van der Waals surface area contributed by atoms with Crippen LogP contribution in [0, 0.1) is 0 Å². The summed E-state index contributed by atoms with van der Waals surface area (Å²) in [6.45, 7) is 3.63. The molecule has 0 atom stereocenters. The Morgan fingerprint density at radius 1 is 0.261 bits per heavy atom. The Balaban J connectivity index is 0.000000147. The Kier molecular flexibility index (Phi) is 12.9. The average molecular weight is 629 g/mol. The fourth-order valence-corrected chi connectivity index (χ4v) is 9.56. The van der Waals surface area contributed by atoms with Gasteiger partial charge in [-0.25, -0.2) is 0 Å². The molecule has 7 rings (SSSR count). The third-order valence-electron chi connectivity index (χ3n) is 7.12. The molecule has 0 spiro atoms. The van der Waals surface area contributed by atoms with Crippen molar-refractivity contribution in [2.24, 2.45) is 0 Å². The van der Waals surface area contributed by atoms with Gasteiger partial charge in [0.1, 0.15) is 0 Å². The largest absolute Gasteiger partial charge is 0.0985 e. The van der Waals surface area contributed by atoms with Crippen molar-refractivity contribution in [3.05, 3.63) is 224 Å². The maximum atomic E-state index is 3.63. The number of rotatable bonds is 7. The molecule has 7 aromatic rings. The predicted molar refractivity (Wildman–Crippen MR) is 207 cm³/mol. The highest BCUT2D eigenvalue weighted by atomic mass is 31.1. The molecule has 0 fully saturated rings. The third kappa shape index (κ3) is 9.57. The predicted octanol–water partition coefficient (Wildman–Crippen LogP) is 9.22. The summed E-state index contributed by atoms with van der Waals surface area (Å²) in [7, 11) is -0.892. The lowest BCUT2D eigenvalue weighted by Gasteiger charge is -2.18. The molecule has 0 saturated carbocycles. The lowest BCUT2D eigenvalue weighted by Crippen LogP contribution is -2.20. The van der Waals surface area contributed by atoms with Gasteiger partial charge >= 0.3 is 0 Å². The molecule has 46 heavy (non-hydrogen) atoms. The van der Waals surface area contributed by atoms with Crippen molar-refractivity contribution in [1.82, 2.24) is 0 Å². The molecule has 7 aromatic carbocycles. The van der Waals surface area contributed by atoms with Crippen LogP contribution in [-0.2, 0) is 0 Å². The van der Waals surface area contributed by atoms with Crippen molar-refractivity contribution < 1.29 is 0 Å². The quantitative estimate of drug-likeness (QED) is 0.154. The normalized spacial score (nSPS) is 10.2. The standard InChI is InChI=1S/2C18H15P.C8H8/c2*1-4-10-16(11-5-1)19(17-12-6-2-7-13-17)18-14-8-3-9-15-18;1-2-8-6-4-3-5-7-8/h2*1-15H;2-7H,1H2. The molecule has 0 aromatic heterocycles. The minimum Gasteiger partial charge on any atom is -0.0985 e. The first-order valence-corrected chi connectivity index (χ1v) is 18.1. The molecular formula is C44H38P2. The van der Waals surface area contributed by atoms with Gasteiger partial charge in [-0.2, -0.15) is 0 Å². The molecule has 0 aliphatic carbocycles. The van der Waals surface area contributed by atoms with E-state index in [9.17, 15) is 0 Å². The number of hydrogen-bond acceptors (Lipinski definition) is 0. The molecule has 0 nitrogen and oxygen atoms in total. The number of benzene rings is 7. The van der Waals surface area contributed by atoms with Crippen molar-refractivity contribution >= 4 is 53.7 Å². The van der Waals surface area contributed by atoms with E-state index in [-0.39, 0.29) is 0 Å². The summed E-state index contributed by atoms with van der Waals surface area (Å²) in [4.78, 5) is 0. The lowest BCUT2D eigenvalue weighted by molar-refractivity contribution is 1.67. The van der Waals surface area contributed by atoms with Gasteiger partial charge in [-0.1, -0.05) is 225 Å². The molecule has 0 radical (unpaired) electrons. The zero-order valence-corrected chi connectivity index (χ0v) is 27.7. The van der Waals surface area contributed by atoms with E-state index in [0.29, 0.717) is 0 Å². The van der Waals surface area contributed by atoms with Crippen molar-refractivity contribution in [3.63, 3.8) is 0 Å². The fourth-order valence-electron chi connectivity index (χ4n) is 4.95.